The van der Waals surface area contributed by atoms with Crippen LogP contribution >= 0.6 is 0 Å². The molecular formula is C14H22N2O2. The fraction of sp³-hybridized carbons (Fsp3) is 0.500. The van der Waals surface area contributed by atoms with Crippen LogP contribution in [0.3, 0.4) is 0 Å². The van der Waals surface area contributed by atoms with Crippen LogP contribution in [0.5, 0.6) is 5.75 Å². The molecule has 1 aromatic carbocycles. The van der Waals surface area contributed by atoms with Crippen molar-refractivity contribution in [1.82, 2.24) is 9.80 Å². The number of hydrogen-bond donors (Lipinski definition) is 1. The van der Waals surface area contributed by atoms with Crippen molar-refractivity contribution in [1.29, 1.82) is 0 Å². The fourth-order valence-corrected chi connectivity index (χ4v) is 1.80. The third-order valence-electron chi connectivity index (χ3n) is 3.17. The quantitative estimate of drug-likeness (QED) is 0.867. The molecule has 1 N–H and O–H groups in total. The molecule has 0 radical (unpaired) electrons. The van der Waals surface area contributed by atoms with Gasteiger partial charge in [-0.05, 0) is 31.2 Å². The molecule has 0 aliphatic carbocycles. The molecule has 100 valence electrons. The lowest BCUT2D eigenvalue weighted by molar-refractivity contribution is -0.130. The van der Waals surface area contributed by atoms with E-state index < -0.39 is 0 Å². The average Bonchev–Trinajstić information content (AvgIpc) is 2.35. The van der Waals surface area contributed by atoms with Crippen molar-refractivity contribution < 1.29 is 9.90 Å². The summed E-state index contributed by atoms with van der Waals surface area (Å²) >= 11 is 0. The summed E-state index contributed by atoms with van der Waals surface area (Å²) in [7, 11) is 3.53. The third kappa shape index (κ3) is 3.74. The Morgan fingerprint density at radius 2 is 1.83 bits per heavy atom. The second-order valence-corrected chi connectivity index (χ2v) is 4.62. The highest BCUT2D eigenvalue weighted by atomic mass is 16.3. The molecule has 0 saturated carbocycles. The molecule has 0 aromatic heterocycles. The predicted molar refractivity (Wildman–Crippen MR) is 72.5 cm³/mol. The van der Waals surface area contributed by atoms with E-state index in [1.165, 1.54) is 0 Å². The van der Waals surface area contributed by atoms with Crippen molar-refractivity contribution >= 4 is 5.91 Å². The maximum absolute atomic E-state index is 11.7. The summed E-state index contributed by atoms with van der Waals surface area (Å²) < 4.78 is 0. The molecule has 18 heavy (non-hydrogen) atoms. The molecule has 4 nitrogen and oxygen atoms in total. The minimum absolute atomic E-state index is 0.0995. The van der Waals surface area contributed by atoms with Gasteiger partial charge in [0.2, 0.25) is 5.91 Å². The van der Waals surface area contributed by atoms with Crippen molar-refractivity contribution in [3.8, 4) is 5.75 Å². The summed E-state index contributed by atoms with van der Waals surface area (Å²) in [6.45, 7) is 5.33. The van der Waals surface area contributed by atoms with Crippen LogP contribution in [0.2, 0.25) is 0 Å². The molecule has 0 saturated heterocycles. The number of carbonyl (C=O) groups is 1. The third-order valence-corrected chi connectivity index (χ3v) is 3.17. The molecule has 0 fully saturated rings. The maximum atomic E-state index is 11.7. The first-order chi connectivity index (χ1) is 8.45. The maximum Gasteiger partial charge on any atom is 0.236 e. The first kappa shape index (κ1) is 14.5. The van der Waals surface area contributed by atoms with E-state index in [1.54, 1.807) is 31.1 Å². The smallest absolute Gasteiger partial charge is 0.236 e. The highest BCUT2D eigenvalue weighted by Gasteiger charge is 2.18. The Morgan fingerprint density at radius 3 is 2.28 bits per heavy atom. The number of nitrogens with zero attached hydrogens (tertiary/aromatic N) is 2. The van der Waals surface area contributed by atoms with Crippen LogP contribution in [0.15, 0.2) is 24.3 Å². The van der Waals surface area contributed by atoms with Gasteiger partial charge in [0.05, 0.1) is 6.54 Å². The standard InChI is InChI=1S/C14H22N2O2/c1-5-16(10-14(18)15(3)4)11(2)12-6-8-13(17)9-7-12/h6-9,11,17H,5,10H2,1-4H3. The molecule has 0 aliphatic rings. The van der Waals surface area contributed by atoms with E-state index in [-0.39, 0.29) is 17.7 Å². The van der Waals surface area contributed by atoms with Crippen LogP contribution < -0.4 is 0 Å². The highest BCUT2D eigenvalue weighted by Crippen LogP contribution is 2.21. The zero-order valence-electron chi connectivity index (χ0n) is 11.6. The average molecular weight is 250 g/mol. The Bertz CT molecular complexity index is 387. The molecule has 1 amide bonds. The lowest BCUT2D eigenvalue weighted by Crippen LogP contribution is -2.37. The van der Waals surface area contributed by atoms with Gasteiger partial charge >= 0.3 is 0 Å². The van der Waals surface area contributed by atoms with Crippen molar-refractivity contribution in [2.45, 2.75) is 19.9 Å². The lowest BCUT2D eigenvalue weighted by Gasteiger charge is -2.28. The van der Waals surface area contributed by atoms with Crippen molar-refractivity contribution in [2.75, 3.05) is 27.2 Å². The van der Waals surface area contributed by atoms with Gasteiger partial charge in [0.25, 0.3) is 0 Å². The van der Waals surface area contributed by atoms with E-state index in [0.717, 1.165) is 12.1 Å². The number of phenols is 1. The fourth-order valence-electron chi connectivity index (χ4n) is 1.80. The number of amides is 1. The summed E-state index contributed by atoms with van der Waals surface area (Å²) in [6.07, 6.45) is 0. The SMILES string of the molecule is CCN(CC(=O)N(C)C)C(C)c1ccc(O)cc1. The van der Waals surface area contributed by atoms with Crippen LogP contribution in [0.25, 0.3) is 0 Å². The molecule has 1 rings (SSSR count). The van der Waals surface area contributed by atoms with Crippen LogP contribution in [0.4, 0.5) is 0 Å². The zero-order valence-corrected chi connectivity index (χ0v) is 11.6. The van der Waals surface area contributed by atoms with Gasteiger partial charge < -0.3 is 10.0 Å². The Hall–Kier alpha value is -1.55. The van der Waals surface area contributed by atoms with Crippen molar-refractivity contribution in [2.24, 2.45) is 0 Å². The van der Waals surface area contributed by atoms with E-state index in [9.17, 15) is 9.90 Å². The first-order valence-electron chi connectivity index (χ1n) is 6.18. The predicted octanol–water partition coefficient (Wildman–Crippen LogP) is 1.86. The van der Waals surface area contributed by atoms with Gasteiger partial charge in [-0.2, -0.15) is 0 Å². The molecular weight excluding hydrogens is 228 g/mol. The molecule has 0 aliphatic heterocycles. The van der Waals surface area contributed by atoms with Gasteiger partial charge in [0.15, 0.2) is 0 Å². The summed E-state index contributed by atoms with van der Waals surface area (Å²) in [5, 5.41) is 9.28. The second-order valence-electron chi connectivity index (χ2n) is 4.62. The van der Waals surface area contributed by atoms with E-state index in [0.29, 0.717) is 6.54 Å². The number of phenolic OH excluding ortho intramolecular Hbond substituents is 1. The molecule has 0 bridgehead atoms. The number of likely N-dealkylation sites (N-methyl/N-ethyl adjacent to an activating group) is 2. The molecule has 0 spiro atoms. The van der Waals surface area contributed by atoms with Crippen molar-refractivity contribution in [3.63, 3.8) is 0 Å². The van der Waals surface area contributed by atoms with Crippen LogP contribution in [0, 0.1) is 0 Å². The first-order valence-corrected chi connectivity index (χ1v) is 6.18. The van der Waals surface area contributed by atoms with Crippen LogP contribution in [-0.4, -0.2) is 48.0 Å². The Morgan fingerprint density at radius 1 is 1.28 bits per heavy atom. The Kier molecular flexibility index (Phi) is 5.16. The Labute approximate surface area is 109 Å². The lowest BCUT2D eigenvalue weighted by atomic mass is 10.1. The monoisotopic (exact) mass is 250 g/mol. The Balaban J connectivity index is 2.75. The summed E-state index contributed by atoms with van der Waals surface area (Å²) in [4.78, 5) is 15.5. The minimum atomic E-state index is 0.0995. The van der Waals surface area contributed by atoms with Gasteiger partial charge in [-0.1, -0.05) is 19.1 Å². The van der Waals surface area contributed by atoms with Crippen LogP contribution in [0.1, 0.15) is 25.5 Å². The molecule has 1 unspecified atom stereocenters. The van der Waals surface area contributed by atoms with Gasteiger partial charge in [-0.25, -0.2) is 0 Å². The summed E-state index contributed by atoms with van der Waals surface area (Å²) in [6, 6.07) is 7.28. The topological polar surface area (TPSA) is 43.8 Å². The van der Waals surface area contributed by atoms with Gasteiger partial charge in [-0.3, -0.25) is 9.69 Å². The second kappa shape index (κ2) is 6.40. The number of hydrogen-bond acceptors (Lipinski definition) is 3. The van der Waals surface area contributed by atoms with Gasteiger partial charge in [-0.15, -0.1) is 0 Å². The molecule has 0 heterocycles. The number of benzene rings is 1. The zero-order chi connectivity index (χ0) is 13.7. The molecule has 1 aromatic rings. The summed E-state index contributed by atoms with van der Waals surface area (Å²) in [5.74, 6) is 0.362. The van der Waals surface area contributed by atoms with Gasteiger partial charge in [0.1, 0.15) is 5.75 Å². The highest BCUT2D eigenvalue weighted by molar-refractivity contribution is 5.77. The number of carbonyl (C=O) groups excluding carboxylic acids is 1. The van der Waals surface area contributed by atoms with E-state index in [2.05, 4.69) is 11.8 Å². The van der Waals surface area contributed by atoms with E-state index in [1.807, 2.05) is 19.1 Å². The van der Waals surface area contributed by atoms with Crippen molar-refractivity contribution in [3.05, 3.63) is 29.8 Å². The minimum Gasteiger partial charge on any atom is -0.508 e. The van der Waals surface area contributed by atoms with Gasteiger partial charge in [0, 0.05) is 20.1 Å². The normalized spacial score (nSPS) is 12.5. The largest absolute Gasteiger partial charge is 0.508 e. The van der Waals surface area contributed by atoms with E-state index >= 15 is 0 Å². The number of rotatable bonds is 5. The summed E-state index contributed by atoms with van der Waals surface area (Å²) in [5.41, 5.74) is 1.10. The van der Waals surface area contributed by atoms with E-state index in [4.69, 9.17) is 0 Å². The molecule has 1 atom stereocenters. The number of aromatic hydroxyl groups is 1. The van der Waals surface area contributed by atoms with Crippen LogP contribution in [-0.2, 0) is 4.79 Å². The molecule has 4 heteroatoms.